The summed E-state index contributed by atoms with van der Waals surface area (Å²) in [5, 5.41) is 16.4. The van der Waals surface area contributed by atoms with Gasteiger partial charge in [-0.1, -0.05) is 12.1 Å². The molecule has 0 saturated heterocycles. The Morgan fingerprint density at radius 1 is 1.28 bits per heavy atom. The molecular formula is C18H17N5OS. The fourth-order valence-corrected chi connectivity index (χ4v) is 3.25. The second-order valence-corrected chi connectivity index (χ2v) is 6.80. The van der Waals surface area contributed by atoms with E-state index in [1.165, 1.54) is 11.3 Å². The number of nitriles is 1. The van der Waals surface area contributed by atoms with Crippen molar-refractivity contribution >= 4 is 22.4 Å². The Kier molecular flexibility index (Phi) is 5.21. The molecule has 0 fully saturated rings. The topological polar surface area (TPSA) is 83.6 Å². The lowest BCUT2D eigenvalue weighted by Gasteiger charge is -2.00. The minimum absolute atomic E-state index is 0.0527. The van der Waals surface area contributed by atoms with Gasteiger partial charge in [0, 0.05) is 37.2 Å². The Balaban J connectivity index is 1.52. The van der Waals surface area contributed by atoms with Gasteiger partial charge in [-0.25, -0.2) is 4.98 Å². The Morgan fingerprint density at radius 3 is 2.76 bits per heavy atom. The molecule has 2 aromatic heterocycles. The normalized spacial score (nSPS) is 10.4. The van der Waals surface area contributed by atoms with Crippen LogP contribution in [0.4, 0.5) is 5.13 Å². The molecule has 0 atom stereocenters. The van der Waals surface area contributed by atoms with Crippen molar-refractivity contribution in [1.82, 2.24) is 14.8 Å². The summed E-state index contributed by atoms with van der Waals surface area (Å²) in [7, 11) is 1.86. The second kappa shape index (κ2) is 7.73. The fraction of sp³-hybridized carbons (Fsp3) is 0.222. The molecule has 3 rings (SSSR count). The van der Waals surface area contributed by atoms with Gasteiger partial charge in [-0.3, -0.25) is 9.48 Å². The molecule has 0 bridgehead atoms. The molecule has 6 nitrogen and oxygen atoms in total. The van der Waals surface area contributed by atoms with Crippen LogP contribution < -0.4 is 5.32 Å². The van der Waals surface area contributed by atoms with Gasteiger partial charge in [0.2, 0.25) is 5.91 Å². The van der Waals surface area contributed by atoms with Crippen LogP contribution in [-0.4, -0.2) is 20.7 Å². The smallest absolute Gasteiger partial charge is 0.226 e. The number of aryl methyl sites for hydroxylation is 2. The number of carbonyl (C=O) groups is 1. The number of rotatable bonds is 6. The molecule has 0 spiro atoms. The van der Waals surface area contributed by atoms with Crippen molar-refractivity contribution in [2.75, 3.05) is 5.32 Å². The summed E-state index contributed by atoms with van der Waals surface area (Å²) in [6.45, 7) is 0. The lowest BCUT2D eigenvalue weighted by Crippen LogP contribution is -2.11. The monoisotopic (exact) mass is 351 g/mol. The van der Waals surface area contributed by atoms with E-state index in [4.69, 9.17) is 5.26 Å². The van der Waals surface area contributed by atoms with Gasteiger partial charge in [0.15, 0.2) is 5.13 Å². The van der Waals surface area contributed by atoms with Crippen LogP contribution in [0, 0.1) is 11.3 Å². The van der Waals surface area contributed by atoms with Gasteiger partial charge >= 0.3 is 0 Å². The second-order valence-electron chi connectivity index (χ2n) is 5.69. The van der Waals surface area contributed by atoms with Gasteiger partial charge in [-0.05, 0) is 29.7 Å². The summed E-state index contributed by atoms with van der Waals surface area (Å²) in [6.07, 6.45) is 7.24. The predicted molar refractivity (Wildman–Crippen MR) is 96.2 cm³/mol. The van der Waals surface area contributed by atoms with E-state index in [0.29, 0.717) is 23.5 Å². The van der Waals surface area contributed by atoms with E-state index in [1.807, 2.05) is 25.4 Å². The van der Waals surface area contributed by atoms with Crippen LogP contribution in [0.3, 0.4) is 0 Å². The lowest BCUT2D eigenvalue weighted by atomic mass is 10.1. The highest BCUT2D eigenvalue weighted by Crippen LogP contribution is 2.21. The third-order valence-electron chi connectivity index (χ3n) is 3.66. The van der Waals surface area contributed by atoms with Gasteiger partial charge in [-0.2, -0.15) is 10.4 Å². The molecular weight excluding hydrogens is 334 g/mol. The fourth-order valence-electron chi connectivity index (χ4n) is 2.39. The average molecular weight is 351 g/mol. The zero-order chi connectivity index (χ0) is 17.6. The summed E-state index contributed by atoms with van der Waals surface area (Å²) in [5.41, 5.74) is 2.80. The predicted octanol–water partition coefficient (Wildman–Crippen LogP) is 2.91. The van der Waals surface area contributed by atoms with Crippen LogP contribution in [0.25, 0.3) is 0 Å². The van der Waals surface area contributed by atoms with E-state index >= 15 is 0 Å². The Morgan fingerprint density at radius 2 is 2.08 bits per heavy atom. The van der Waals surface area contributed by atoms with E-state index in [2.05, 4.69) is 21.5 Å². The highest BCUT2D eigenvalue weighted by Gasteiger charge is 2.08. The molecule has 0 unspecified atom stereocenters. The number of anilines is 1. The number of nitrogens with zero attached hydrogens (tertiary/aromatic N) is 4. The van der Waals surface area contributed by atoms with Crippen LogP contribution in [0.5, 0.6) is 0 Å². The first-order chi connectivity index (χ1) is 12.1. The van der Waals surface area contributed by atoms with E-state index in [1.54, 1.807) is 29.2 Å². The van der Waals surface area contributed by atoms with Gasteiger partial charge in [0.05, 0.1) is 17.8 Å². The van der Waals surface area contributed by atoms with Crippen molar-refractivity contribution in [1.29, 1.82) is 5.26 Å². The maximum Gasteiger partial charge on any atom is 0.226 e. The van der Waals surface area contributed by atoms with Crippen molar-refractivity contribution in [2.24, 2.45) is 7.05 Å². The molecule has 2 heterocycles. The molecule has 7 heteroatoms. The highest BCUT2D eigenvalue weighted by molar-refractivity contribution is 7.15. The number of aromatic nitrogens is 3. The Hall–Kier alpha value is -2.98. The van der Waals surface area contributed by atoms with Crippen LogP contribution in [-0.2, 0) is 24.7 Å². The maximum atomic E-state index is 12.0. The zero-order valence-electron chi connectivity index (χ0n) is 13.8. The van der Waals surface area contributed by atoms with Gasteiger partial charge in [-0.15, -0.1) is 11.3 Å². The largest absolute Gasteiger partial charge is 0.302 e. The van der Waals surface area contributed by atoms with E-state index in [9.17, 15) is 4.79 Å². The van der Waals surface area contributed by atoms with Crippen molar-refractivity contribution in [3.05, 3.63) is 64.4 Å². The summed E-state index contributed by atoms with van der Waals surface area (Å²) in [4.78, 5) is 17.4. The summed E-state index contributed by atoms with van der Waals surface area (Å²) < 4.78 is 1.73. The van der Waals surface area contributed by atoms with Crippen LogP contribution in [0.2, 0.25) is 0 Å². The van der Waals surface area contributed by atoms with Crippen molar-refractivity contribution in [3.63, 3.8) is 0 Å². The van der Waals surface area contributed by atoms with Crippen LogP contribution in [0.1, 0.15) is 28.0 Å². The molecule has 25 heavy (non-hydrogen) atoms. The Bertz CT molecular complexity index is 904. The molecule has 126 valence electrons. The van der Waals surface area contributed by atoms with E-state index in [-0.39, 0.29) is 5.91 Å². The average Bonchev–Trinajstić information content (AvgIpc) is 3.22. The minimum Gasteiger partial charge on any atom is -0.302 e. The van der Waals surface area contributed by atoms with Gasteiger partial charge in [0.25, 0.3) is 0 Å². The third kappa shape index (κ3) is 4.75. The molecule has 0 radical (unpaired) electrons. The van der Waals surface area contributed by atoms with Crippen molar-refractivity contribution in [3.8, 4) is 6.07 Å². The lowest BCUT2D eigenvalue weighted by molar-refractivity contribution is -0.116. The number of hydrogen-bond acceptors (Lipinski definition) is 5. The molecule has 0 saturated carbocycles. The molecule has 0 aliphatic carbocycles. The molecule has 0 aliphatic heterocycles. The zero-order valence-corrected chi connectivity index (χ0v) is 14.6. The first-order valence-corrected chi connectivity index (χ1v) is 8.65. The minimum atomic E-state index is -0.0527. The van der Waals surface area contributed by atoms with Crippen LogP contribution in [0.15, 0.2) is 42.9 Å². The molecule has 0 aliphatic rings. The molecule has 1 N–H and O–H groups in total. The van der Waals surface area contributed by atoms with Gasteiger partial charge in [0.1, 0.15) is 0 Å². The number of nitrogens with one attached hydrogen (secondary N) is 1. The van der Waals surface area contributed by atoms with E-state index in [0.717, 1.165) is 22.4 Å². The quantitative estimate of drug-likeness (QED) is 0.740. The van der Waals surface area contributed by atoms with Crippen LogP contribution >= 0.6 is 11.3 Å². The SMILES string of the molecule is Cn1cc(CCC(=O)Nc2ncc(Cc3ccc(C#N)cc3)s2)cn1. The first-order valence-electron chi connectivity index (χ1n) is 7.83. The number of carbonyl (C=O) groups excluding carboxylic acids is 1. The number of hydrogen-bond donors (Lipinski definition) is 1. The standard InChI is InChI=1S/C18H17N5OS/c1-23-12-15(10-21-23)6-7-17(24)22-18-20-11-16(25-18)8-13-2-4-14(9-19)5-3-13/h2-5,10-12H,6-8H2,1H3,(H,20,22,24). The number of thiazole rings is 1. The first kappa shape index (κ1) is 16.9. The number of benzene rings is 1. The van der Waals surface area contributed by atoms with E-state index < -0.39 is 0 Å². The van der Waals surface area contributed by atoms with Crippen molar-refractivity contribution < 1.29 is 4.79 Å². The molecule has 1 amide bonds. The molecule has 3 aromatic rings. The summed E-state index contributed by atoms with van der Waals surface area (Å²) >= 11 is 1.47. The van der Waals surface area contributed by atoms with Crippen molar-refractivity contribution in [2.45, 2.75) is 19.3 Å². The number of amides is 1. The maximum absolute atomic E-state index is 12.0. The highest BCUT2D eigenvalue weighted by atomic mass is 32.1. The molecule has 1 aromatic carbocycles. The summed E-state index contributed by atoms with van der Waals surface area (Å²) in [5.74, 6) is -0.0527. The van der Waals surface area contributed by atoms with Gasteiger partial charge < -0.3 is 5.32 Å². The summed E-state index contributed by atoms with van der Waals surface area (Å²) in [6, 6.07) is 9.58. The Labute approximate surface area is 149 Å². The third-order valence-corrected chi connectivity index (χ3v) is 4.57.